The smallest absolute Gasteiger partial charge is 0.159 e. The van der Waals surface area contributed by atoms with E-state index >= 15 is 0 Å². The average Bonchev–Trinajstić information content (AvgIpc) is 2.37. The highest BCUT2D eigenvalue weighted by Gasteiger charge is 2.13. The van der Waals surface area contributed by atoms with Crippen LogP contribution >= 0.6 is 0 Å². The highest BCUT2D eigenvalue weighted by atomic mass is 19.2. The molecule has 19 heavy (non-hydrogen) atoms. The van der Waals surface area contributed by atoms with Gasteiger partial charge in [0.1, 0.15) is 0 Å². The van der Waals surface area contributed by atoms with Crippen molar-refractivity contribution in [3.05, 3.63) is 70.8 Å². The fourth-order valence-corrected chi connectivity index (χ4v) is 1.73. The van der Waals surface area contributed by atoms with E-state index in [1.807, 2.05) is 0 Å². The molecule has 5 heteroatoms. The number of halogens is 4. The minimum Gasteiger partial charge on any atom is -0.388 e. The lowest BCUT2D eigenvalue weighted by atomic mass is 10.0. The van der Waals surface area contributed by atoms with E-state index in [1.54, 1.807) is 0 Å². The third-order valence-corrected chi connectivity index (χ3v) is 2.74. The van der Waals surface area contributed by atoms with Crippen molar-refractivity contribution in [2.45, 2.75) is 12.5 Å². The number of benzene rings is 2. The van der Waals surface area contributed by atoms with Crippen molar-refractivity contribution in [1.82, 2.24) is 0 Å². The van der Waals surface area contributed by atoms with Crippen LogP contribution in [-0.2, 0) is 6.42 Å². The molecule has 0 aliphatic carbocycles. The van der Waals surface area contributed by atoms with E-state index < -0.39 is 29.4 Å². The van der Waals surface area contributed by atoms with Crippen LogP contribution in [0.25, 0.3) is 0 Å². The van der Waals surface area contributed by atoms with Gasteiger partial charge >= 0.3 is 0 Å². The van der Waals surface area contributed by atoms with Gasteiger partial charge in [-0.1, -0.05) is 12.1 Å². The zero-order valence-corrected chi connectivity index (χ0v) is 9.71. The molecule has 0 fully saturated rings. The summed E-state index contributed by atoms with van der Waals surface area (Å²) in [4.78, 5) is 0. The predicted molar refractivity (Wildman–Crippen MR) is 61.4 cm³/mol. The molecule has 1 atom stereocenters. The van der Waals surface area contributed by atoms with Gasteiger partial charge in [-0.3, -0.25) is 0 Å². The lowest BCUT2D eigenvalue weighted by Crippen LogP contribution is -2.03. The number of aliphatic hydroxyl groups excluding tert-OH is 1. The monoisotopic (exact) mass is 270 g/mol. The first kappa shape index (κ1) is 13.5. The van der Waals surface area contributed by atoms with Crippen LogP contribution in [0.1, 0.15) is 17.2 Å². The van der Waals surface area contributed by atoms with Gasteiger partial charge in [0, 0.05) is 6.42 Å². The Morgan fingerprint density at radius 2 is 1.37 bits per heavy atom. The molecular weight excluding hydrogens is 260 g/mol. The molecule has 0 amide bonds. The Morgan fingerprint density at radius 1 is 0.789 bits per heavy atom. The fourth-order valence-electron chi connectivity index (χ4n) is 1.73. The van der Waals surface area contributed by atoms with Crippen molar-refractivity contribution in [3.63, 3.8) is 0 Å². The van der Waals surface area contributed by atoms with Gasteiger partial charge in [-0.05, 0) is 35.4 Å². The van der Waals surface area contributed by atoms with Crippen molar-refractivity contribution in [1.29, 1.82) is 0 Å². The van der Waals surface area contributed by atoms with E-state index in [0.29, 0.717) is 5.56 Å². The first-order chi connectivity index (χ1) is 8.97. The van der Waals surface area contributed by atoms with Crippen molar-refractivity contribution in [3.8, 4) is 0 Å². The molecule has 1 nitrogen and oxygen atoms in total. The Kier molecular flexibility index (Phi) is 3.85. The highest BCUT2D eigenvalue weighted by molar-refractivity contribution is 5.24. The van der Waals surface area contributed by atoms with E-state index in [-0.39, 0.29) is 12.0 Å². The van der Waals surface area contributed by atoms with Crippen LogP contribution in [0, 0.1) is 23.3 Å². The van der Waals surface area contributed by atoms with Crippen molar-refractivity contribution < 1.29 is 22.7 Å². The average molecular weight is 270 g/mol. The van der Waals surface area contributed by atoms with Crippen LogP contribution in [0.15, 0.2) is 36.4 Å². The van der Waals surface area contributed by atoms with Gasteiger partial charge in [-0.25, -0.2) is 17.6 Å². The topological polar surface area (TPSA) is 20.2 Å². The summed E-state index contributed by atoms with van der Waals surface area (Å²) >= 11 is 0. The summed E-state index contributed by atoms with van der Waals surface area (Å²) in [6.45, 7) is 0. The second-order valence-corrected chi connectivity index (χ2v) is 4.14. The van der Waals surface area contributed by atoms with Crippen LogP contribution in [0.2, 0.25) is 0 Å². The Hall–Kier alpha value is -1.88. The number of aliphatic hydroxyl groups is 1. The number of rotatable bonds is 3. The van der Waals surface area contributed by atoms with E-state index in [1.165, 1.54) is 12.1 Å². The van der Waals surface area contributed by atoms with E-state index in [4.69, 9.17) is 0 Å². The summed E-state index contributed by atoms with van der Waals surface area (Å²) in [7, 11) is 0. The van der Waals surface area contributed by atoms with E-state index in [2.05, 4.69) is 0 Å². The van der Waals surface area contributed by atoms with E-state index in [0.717, 1.165) is 24.3 Å². The Bertz CT molecular complexity index is 598. The molecule has 0 aliphatic heterocycles. The van der Waals surface area contributed by atoms with Crippen molar-refractivity contribution in [2.75, 3.05) is 0 Å². The third kappa shape index (κ3) is 3.12. The van der Waals surface area contributed by atoms with Crippen LogP contribution < -0.4 is 0 Å². The third-order valence-electron chi connectivity index (χ3n) is 2.74. The second-order valence-electron chi connectivity index (χ2n) is 4.14. The summed E-state index contributed by atoms with van der Waals surface area (Å²) in [6.07, 6.45) is -1.15. The summed E-state index contributed by atoms with van der Waals surface area (Å²) in [5, 5.41) is 9.84. The minimum absolute atomic E-state index is 0.0255. The number of hydrogen-bond donors (Lipinski definition) is 1. The molecule has 2 aromatic carbocycles. The zero-order chi connectivity index (χ0) is 14.0. The summed E-state index contributed by atoms with van der Waals surface area (Å²) in [5.41, 5.74) is 0.528. The molecule has 0 spiro atoms. The number of hydrogen-bond acceptors (Lipinski definition) is 1. The molecule has 0 radical (unpaired) electrons. The molecule has 1 N–H and O–H groups in total. The summed E-state index contributed by atoms with van der Waals surface area (Å²) in [5.74, 6) is -4.08. The Balaban J connectivity index is 2.17. The maximum absolute atomic E-state index is 13.0. The summed E-state index contributed by atoms with van der Waals surface area (Å²) < 4.78 is 51.4. The molecule has 0 bridgehead atoms. The van der Waals surface area contributed by atoms with Gasteiger partial charge < -0.3 is 5.11 Å². The Morgan fingerprint density at radius 3 is 1.95 bits per heavy atom. The maximum Gasteiger partial charge on any atom is 0.159 e. The maximum atomic E-state index is 13.0. The second kappa shape index (κ2) is 5.40. The molecule has 100 valence electrons. The molecular formula is C14H10F4O. The lowest BCUT2D eigenvalue weighted by Gasteiger charge is -2.11. The largest absolute Gasteiger partial charge is 0.388 e. The molecule has 2 aromatic rings. The van der Waals surface area contributed by atoms with Gasteiger partial charge in [0.2, 0.25) is 0 Å². The van der Waals surface area contributed by atoms with Gasteiger partial charge in [0.15, 0.2) is 23.3 Å². The standard InChI is InChI=1S/C14H10F4O/c15-10-3-1-8(5-12(10)17)6-14(19)9-2-4-11(16)13(18)7-9/h1-5,7,14,19H,6H2. The molecule has 0 aliphatic rings. The van der Waals surface area contributed by atoms with Crippen LogP contribution in [0.4, 0.5) is 17.6 Å². The van der Waals surface area contributed by atoms with Crippen LogP contribution in [0.3, 0.4) is 0 Å². The molecule has 2 rings (SSSR count). The first-order valence-electron chi connectivity index (χ1n) is 5.54. The minimum atomic E-state index is -1.13. The lowest BCUT2D eigenvalue weighted by molar-refractivity contribution is 0.177. The molecule has 1 unspecified atom stereocenters. The van der Waals surface area contributed by atoms with Crippen LogP contribution in [-0.4, -0.2) is 5.11 Å². The van der Waals surface area contributed by atoms with Crippen molar-refractivity contribution >= 4 is 0 Å². The molecule has 0 aromatic heterocycles. The SMILES string of the molecule is OC(Cc1ccc(F)c(F)c1)c1ccc(F)c(F)c1. The van der Waals surface area contributed by atoms with Crippen molar-refractivity contribution in [2.24, 2.45) is 0 Å². The van der Waals surface area contributed by atoms with Gasteiger partial charge in [0.05, 0.1) is 6.10 Å². The quantitative estimate of drug-likeness (QED) is 0.846. The first-order valence-corrected chi connectivity index (χ1v) is 5.54. The van der Waals surface area contributed by atoms with E-state index in [9.17, 15) is 22.7 Å². The van der Waals surface area contributed by atoms with Gasteiger partial charge in [0.25, 0.3) is 0 Å². The molecule has 0 heterocycles. The molecule has 0 saturated carbocycles. The van der Waals surface area contributed by atoms with Crippen LogP contribution in [0.5, 0.6) is 0 Å². The Labute approximate surface area is 107 Å². The van der Waals surface area contributed by atoms with Gasteiger partial charge in [-0.15, -0.1) is 0 Å². The van der Waals surface area contributed by atoms with Gasteiger partial charge in [-0.2, -0.15) is 0 Å². The molecule has 0 saturated heterocycles. The predicted octanol–water partition coefficient (Wildman–Crippen LogP) is 3.52. The normalized spacial score (nSPS) is 12.5. The fraction of sp³-hybridized carbons (Fsp3) is 0.143. The highest BCUT2D eigenvalue weighted by Crippen LogP contribution is 2.21. The zero-order valence-electron chi connectivity index (χ0n) is 9.71. The summed E-state index contributed by atoms with van der Waals surface area (Å²) in [6, 6.07) is 6.24.